The molecule has 1 nitrogen and oxygen atoms in total. The van der Waals surface area contributed by atoms with E-state index in [1.54, 1.807) is 0 Å². The van der Waals surface area contributed by atoms with Crippen molar-refractivity contribution >= 4 is 18.3 Å². The molecule has 1 aromatic rings. The van der Waals surface area contributed by atoms with E-state index in [-0.39, 0.29) is 0 Å². The van der Waals surface area contributed by atoms with Gasteiger partial charge in [-0.1, -0.05) is 13.8 Å². The Balaban J connectivity index is 0.000000461. The molecule has 0 heterocycles. The fraction of sp³-hybridized carbons (Fsp3) is 0.333. The summed E-state index contributed by atoms with van der Waals surface area (Å²) in [6.45, 7) is 5.98. The maximum atomic E-state index is 5.49. The fourth-order valence-corrected chi connectivity index (χ4v) is 0.818. The van der Waals surface area contributed by atoms with Gasteiger partial charge in [0.2, 0.25) is 0 Å². The van der Waals surface area contributed by atoms with E-state index in [1.807, 2.05) is 39.0 Å². The third kappa shape index (κ3) is 3.33. The van der Waals surface area contributed by atoms with Crippen LogP contribution in [0.4, 0.5) is 5.69 Å². The number of aryl methyl sites for hydroxylation is 1. The van der Waals surface area contributed by atoms with E-state index in [0.29, 0.717) is 0 Å². The molecule has 0 radical (unpaired) electrons. The lowest BCUT2D eigenvalue weighted by molar-refractivity contribution is 1.32. The zero-order valence-corrected chi connectivity index (χ0v) is 8.15. The van der Waals surface area contributed by atoms with Crippen LogP contribution in [0.3, 0.4) is 0 Å². The van der Waals surface area contributed by atoms with Crippen LogP contribution in [0.5, 0.6) is 0 Å². The Morgan fingerprint density at radius 1 is 1.27 bits per heavy atom. The van der Waals surface area contributed by atoms with Crippen molar-refractivity contribution in [3.63, 3.8) is 0 Å². The molecule has 1 rings (SSSR count). The number of nitrogens with two attached hydrogens (primary N) is 1. The summed E-state index contributed by atoms with van der Waals surface area (Å²) in [5.41, 5.74) is 7.41. The number of hydrogen-bond acceptors (Lipinski definition) is 2. The van der Waals surface area contributed by atoms with Crippen LogP contribution in [0.2, 0.25) is 0 Å². The van der Waals surface area contributed by atoms with Gasteiger partial charge in [-0.2, -0.15) is 0 Å². The van der Waals surface area contributed by atoms with Gasteiger partial charge in [-0.15, -0.1) is 12.6 Å². The van der Waals surface area contributed by atoms with Gasteiger partial charge in [0.05, 0.1) is 0 Å². The molecule has 0 aromatic heterocycles. The first-order valence-corrected chi connectivity index (χ1v) is 4.20. The van der Waals surface area contributed by atoms with Crippen LogP contribution in [0.15, 0.2) is 23.1 Å². The first-order valence-electron chi connectivity index (χ1n) is 3.75. The second-order valence-corrected chi connectivity index (χ2v) is 2.53. The van der Waals surface area contributed by atoms with Crippen LogP contribution in [-0.4, -0.2) is 0 Å². The molecule has 0 atom stereocenters. The predicted octanol–water partition coefficient (Wildman–Crippen LogP) is 2.89. The van der Waals surface area contributed by atoms with Gasteiger partial charge in [0.1, 0.15) is 0 Å². The third-order valence-corrected chi connectivity index (χ3v) is 1.72. The van der Waals surface area contributed by atoms with Crippen LogP contribution in [0, 0.1) is 6.92 Å². The summed E-state index contributed by atoms with van der Waals surface area (Å²) in [6, 6.07) is 5.64. The molecule has 0 saturated carbocycles. The number of anilines is 1. The summed E-state index contributed by atoms with van der Waals surface area (Å²) in [5.74, 6) is 0. The number of benzene rings is 1. The second kappa shape index (κ2) is 5.08. The van der Waals surface area contributed by atoms with Gasteiger partial charge in [0.25, 0.3) is 0 Å². The highest BCUT2D eigenvalue weighted by atomic mass is 32.1. The van der Waals surface area contributed by atoms with Crippen LogP contribution >= 0.6 is 12.6 Å². The van der Waals surface area contributed by atoms with Crippen LogP contribution in [-0.2, 0) is 0 Å². The standard InChI is InChI=1S/C7H9NS.C2H6/c1-5-4-6(8)2-3-7(5)9;1-2/h2-4,9H,8H2,1H3;1-2H3. The molecular formula is C9H15NS. The molecule has 0 unspecified atom stereocenters. The van der Waals surface area contributed by atoms with Crippen molar-refractivity contribution < 1.29 is 0 Å². The van der Waals surface area contributed by atoms with Crippen LogP contribution in [0.25, 0.3) is 0 Å². The maximum absolute atomic E-state index is 5.49. The van der Waals surface area contributed by atoms with E-state index in [2.05, 4.69) is 12.6 Å². The Bertz CT molecular complexity index is 221. The van der Waals surface area contributed by atoms with Crippen molar-refractivity contribution in [3.8, 4) is 0 Å². The average Bonchev–Trinajstić information content (AvgIpc) is 2.02. The summed E-state index contributed by atoms with van der Waals surface area (Å²) >= 11 is 4.19. The molecular weight excluding hydrogens is 154 g/mol. The van der Waals surface area contributed by atoms with Gasteiger partial charge >= 0.3 is 0 Å². The molecule has 0 saturated heterocycles. The van der Waals surface area contributed by atoms with E-state index >= 15 is 0 Å². The van der Waals surface area contributed by atoms with E-state index in [0.717, 1.165) is 16.1 Å². The minimum absolute atomic E-state index is 0.797. The average molecular weight is 169 g/mol. The molecule has 0 aliphatic heterocycles. The molecule has 2 heteroatoms. The summed E-state index contributed by atoms with van der Waals surface area (Å²) in [4.78, 5) is 0.990. The lowest BCUT2D eigenvalue weighted by Gasteiger charge is -1.97. The minimum Gasteiger partial charge on any atom is -0.399 e. The van der Waals surface area contributed by atoms with Gasteiger partial charge in [-0.05, 0) is 30.7 Å². The lowest BCUT2D eigenvalue weighted by Crippen LogP contribution is -1.84. The highest BCUT2D eigenvalue weighted by Crippen LogP contribution is 2.14. The quantitative estimate of drug-likeness (QED) is 0.453. The van der Waals surface area contributed by atoms with Gasteiger partial charge < -0.3 is 5.73 Å². The van der Waals surface area contributed by atoms with Gasteiger partial charge in [-0.25, -0.2) is 0 Å². The molecule has 0 spiro atoms. The largest absolute Gasteiger partial charge is 0.399 e. The first-order chi connectivity index (χ1) is 5.20. The Morgan fingerprint density at radius 2 is 1.82 bits per heavy atom. The molecule has 11 heavy (non-hydrogen) atoms. The van der Waals surface area contributed by atoms with Gasteiger partial charge in [-0.3, -0.25) is 0 Å². The number of rotatable bonds is 0. The summed E-state index contributed by atoms with van der Waals surface area (Å²) in [6.07, 6.45) is 0. The van der Waals surface area contributed by atoms with Crippen LogP contribution < -0.4 is 5.73 Å². The molecule has 0 fully saturated rings. The molecule has 0 aliphatic carbocycles. The summed E-state index contributed by atoms with van der Waals surface area (Å²) < 4.78 is 0. The highest BCUT2D eigenvalue weighted by molar-refractivity contribution is 7.80. The summed E-state index contributed by atoms with van der Waals surface area (Å²) in [7, 11) is 0. The van der Waals surface area contributed by atoms with Crippen molar-refractivity contribution in [2.75, 3.05) is 5.73 Å². The zero-order valence-electron chi connectivity index (χ0n) is 7.26. The smallest absolute Gasteiger partial charge is 0.0317 e. The van der Waals surface area contributed by atoms with E-state index < -0.39 is 0 Å². The topological polar surface area (TPSA) is 26.0 Å². The van der Waals surface area contributed by atoms with Crippen molar-refractivity contribution in [1.82, 2.24) is 0 Å². The zero-order chi connectivity index (χ0) is 8.85. The Kier molecular flexibility index (Phi) is 4.79. The van der Waals surface area contributed by atoms with Crippen molar-refractivity contribution in [2.24, 2.45) is 0 Å². The third-order valence-electron chi connectivity index (χ3n) is 1.22. The van der Waals surface area contributed by atoms with Crippen molar-refractivity contribution in [1.29, 1.82) is 0 Å². The first kappa shape index (κ1) is 10.4. The monoisotopic (exact) mass is 169 g/mol. The summed E-state index contributed by atoms with van der Waals surface area (Å²) in [5, 5.41) is 0. The molecule has 1 aromatic carbocycles. The Labute approximate surface area is 74.0 Å². The molecule has 0 bridgehead atoms. The van der Waals surface area contributed by atoms with E-state index in [1.165, 1.54) is 0 Å². The van der Waals surface area contributed by atoms with E-state index in [4.69, 9.17) is 5.73 Å². The molecule has 62 valence electrons. The minimum atomic E-state index is 0.797. The van der Waals surface area contributed by atoms with Gasteiger partial charge in [0, 0.05) is 10.6 Å². The number of nitrogen functional groups attached to an aromatic ring is 1. The van der Waals surface area contributed by atoms with Gasteiger partial charge in [0.15, 0.2) is 0 Å². The molecule has 0 amide bonds. The Hall–Kier alpha value is -0.630. The second-order valence-electron chi connectivity index (χ2n) is 2.05. The number of thiol groups is 1. The molecule has 0 aliphatic rings. The highest BCUT2D eigenvalue weighted by Gasteiger charge is 1.90. The SMILES string of the molecule is CC.Cc1cc(N)ccc1S. The van der Waals surface area contributed by atoms with E-state index in [9.17, 15) is 0 Å². The lowest BCUT2D eigenvalue weighted by atomic mass is 10.2. The van der Waals surface area contributed by atoms with Crippen molar-refractivity contribution in [3.05, 3.63) is 23.8 Å². The van der Waals surface area contributed by atoms with Crippen molar-refractivity contribution in [2.45, 2.75) is 25.7 Å². The normalized spacial score (nSPS) is 8.36. The van der Waals surface area contributed by atoms with Crippen LogP contribution in [0.1, 0.15) is 19.4 Å². The fourth-order valence-electron chi connectivity index (χ4n) is 0.679. The maximum Gasteiger partial charge on any atom is 0.0317 e. The predicted molar refractivity (Wildman–Crippen MR) is 54.2 cm³/mol. The number of hydrogen-bond donors (Lipinski definition) is 2. The Morgan fingerprint density at radius 3 is 2.18 bits per heavy atom. The molecule has 2 N–H and O–H groups in total.